The first-order valence-electron chi connectivity index (χ1n) is 7.37. The normalized spacial score (nSPS) is 17.4. The summed E-state index contributed by atoms with van der Waals surface area (Å²) in [6, 6.07) is 10.6. The summed E-state index contributed by atoms with van der Waals surface area (Å²) in [7, 11) is 0. The average Bonchev–Trinajstić information content (AvgIpc) is 2.36. The van der Waals surface area contributed by atoms with Crippen LogP contribution >= 0.6 is 0 Å². The second-order valence-corrected chi connectivity index (χ2v) is 5.50. The highest BCUT2D eigenvalue weighted by atomic mass is 14.8. The lowest BCUT2D eigenvalue weighted by molar-refractivity contribution is 0.292. The number of hydrogen-bond acceptors (Lipinski definition) is 2. The minimum absolute atomic E-state index is 0.194. The number of nitrogens with two attached hydrogens (primary N) is 1. The van der Waals surface area contributed by atoms with Gasteiger partial charge < -0.3 is 11.1 Å². The van der Waals surface area contributed by atoms with Gasteiger partial charge in [-0.3, -0.25) is 0 Å². The quantitative estimate of drug-likeness (QED) is 0.691. The van der Waals surface area contributed by atoms with Gasteiger partial charge in [-0.05, 0) is 43.8 Å². The van der Waals surface area contributed by atoms with Crippen molar-refractivity contribution in [3.8, 4) is 0 Å². The van der Waals surface area contributed by atoms with Gasteiger partial charge in [0.05, 0.1) is 0 Å². The van der Waals surface area contributed by atoms with Crippen molar-refractivity contribution in [3.63, 3.8) is 0 Å². The Balaban J connectivity index is 1.49. The Morgan fingerprint density at radius 1 is 1.17 bits per heavy atom. The number of rotatable bonds is 8. The van der Waals surface area contributed by atoms with Gasteiger partial charge in [0.15, 0.2) is 0 Å². The van der Waals surface area contributed by atoms with E-state index in [0.717, 1.165) is 18.9 Å². The summed E-state index contributed by atoms with van der Waals surface area (Å²) in [5.41, 5.74) is 7.42. The molecular formula is C16H26N2. The van der Waals surface area contributed by atoms with E-state index in [1.807, 2.05) is 6.07 Å². The van der Waals surface area contributed by atoms with E-state index in [4.69, 9.17) is 5.73 Å². The standard InChI is InChI=1S/C16H26N2/c17-16(15-8-2-1-3-9-15)10-5-12-18-13-11-14-6-4-7-14/h1-3,8-9,14,16,18H,4-7,10-13,17H2. The van der Waals surface area contributed by atoms with Crippen LogP contribution in [0.4, 0.5) is 0 Å². The van der Waals surface area contributed by atoms with Crippen molar-refractivity contribution in [2.45, 2.75) is 44.6 Å². The van der Waals surface area contributed by atoms with Crippen LogP contribution in [0.1, 0.15) is 50.1 Å². The Morgan fingerprint density at radius 2 is 1.94 bits per heavy atom. The highest BCUT2D eigenvalue weighted by Gasteiger charge is 2.16. The highest BCUT2D eigenvalue weighted by Crippen LogP contribution is 2.28. The van der Waals surface area contributed by atoms with Crippen LogP contribution in [0.15, 0.2) is 30.3 Å². The number of hydrogen-bond donors (Lipinski definition) is 2. The Bertz CT molecular complexity index is 319. The van der Waals surface area contributed by atoms with Crippen LogP contribution in [0.3, 0.4) is 0 Å². The van der Waals surface area contributed by atoms with Crippen LogP contribution in [0, 0.1) is 5.92 Å². The van der Waals surface area contributed by atoms with Gasteiger partial charge in [0, 0.05) is 6.04 Å². The fourth-order valence-corrected chi connectivity index (χ4v) is 2.53. The van der Waals surface area contributed by atoms with Gasteiger partial charge in [0.25, 0.3) is 0 Å². The van der Waals surface area contributed by atoms with Crippen LogP contribution in [-0.2, 0) is 0 Å². The van der Waals surface area contributed by atoms with E-state index in [0.29, 0.717) is 0 Å². The molecule has 3 N–H and O–H groups in total. The molecule has 2 nitrogen and oxygen atoms in total. The molecule has 0 radical (unpaired) electrons. The smallest absolute Gasteiger partial charge is 0.0295 e. The van der Waals surface area contributed by atoms with Gasteiger partial charge in [0.2, 0.25) is 0 Å². The lowest BCUT2D eigenvalue weighted by Crippen LogP contribution is -2.23. The molecule has 1 atom stereocenters. The number of nitrogens with one attached hydrogen (secondary N) is 1. The first-order valence-corrected chi connectivity index (χ1v) is 7.37. The van der Waals surface area contributed by atoms with Crippen molar-refractivity contribution in [1.82, 2.24) is 5.32 Å². The molecule has 1 fully saturated rings. The molecule has 100 valence electrons. The van der Waals surface area contributed by atoms with E-state index in [1.54, 1.807) is 0 Å². The molecule has 1 unspecified atom stereocenters. The first-order chi connectivity index (χ1) is 8.86. The van der Waals surface area contributed by atoms with Crippen molar-refractivity contribution in [2.75, 3.05) is 13.1 Å². The van der Waals surface area contributed by atoms with Crippen molar-refractivity contribution >= 4 is 0 Å². The molecule has 1 aromatic carbocycles. The topological polar surface area (TPSA) is 38.0 Å². The molecule has 0 aliphatic heterocycles. The van der Waals surface area contributed by atoms with Gasteiger partial charge >= 0.3 is 0 Å². The zero-order valence-electron chi connectivity index (χ0n) is 11.3. The van der Waals surface area contributed by atoms with Crippen LogP contribution in [0.25, 0.3) is 0 Å². The third-order valence-corrected chi connectivity index (χ3v) is 4.05. The van der Waals surface area contributed by atoms with E-state index in [2.05, 4.69) is 29.6 Å². The van der Waals surface area contributed by atoms with E-state index in [9.17, 15) is 0 Å². The van der Waals surface area contributed by atoms with Gasteiger partial charge in [-0.25, -0.2) is 0 Å². The zero-order chi connectivity index (χ0) is 12.6. The molecule has 2 rings (SSSR count). The number of benzene rings is 1. The van der Waals surface area contributed by atoms with E-state index < -0.39 is 0 Å². The Morgan fingerprint density at radius 3 is 2.61 bits per heavy atom. The molecule has 1 aromatic rings. The van der Waals surface area contributed by atoms with Crippen LogP contribution in [0.5, 0.6) is 0 Å². The van der Waals surface area contributed by atoms with Crippen LogP contribution in [0.2, 0.25) is 0 Å². The Hall–Kier alpha value is -0.860. The summed E-state index contributed by atoms with van der Waals surface area (Å²) in [6.07, 6.45) is 7.98. The minimum Gasteiger partial charge on any atom is -0.324 e. The summed E-state index contributed by atoms with van der Waals surface area (Å²) >= 11 is 0. The molecule has 2 heteroatoms. The largest absolute Gasteiger partial charge is 0.324 e. The lowest BCUT2D eigenvalue weighted by Gasteiger charge is -2.25. The SMILES string of the molecule is NC(CCCNCCC1CCC1)c1ccccc1. The summed E-state index contributed by atoms with van der Waals surface area (Å²) in [5.74, 6) is 1.02. The lowest BCUT2D eigenvalue weighted by atomic mass is 9.83. The molecule has 0 heterocycles. The van der Waals surface area contributed by atoms with Crippen LogP contribution in [-0.4, -0.2) is 13.1 Å². The fourth-order valence-electron chi connectivity index (χ4n) is 2.53. The molecule has 1 saturated carbocycles. The van der Waals surface area contributed by atoms with Crippen LogP contribution < -0.4 is 11.1 Å². The van der Waals surface area contributed by atoms with Crippen molar-refractivity contribution < 1.29 is 0 Å². The third kappa shape index (κ3) is 4.43. The highest BCUT2D eigenvalue weighted by molar-refractivity contribution is 5.18. The Kier molecular flexibility index (Phi) is 5.69. The Labute approximate surface area is 111 Å². The second kappa shape index (κ2) is 7.55. The molecule has 0 amide bonds. The van der Waals surface area contributed by atoms with E-state index in [-0.39, 0.29) is 6.04 Å². The van der Waals surface area contributed by atoms with Crippen molar-refractivity contribution in [3.05, 3.63) is 35.9 Å². The van der Waals surface area contributed by atoms with Crippen molar-refractivity contribution in [1.29, 1.82) is 0 Å². The molecule has 0 spiro atoms. The maximum Gasteiger partial charge on any atom is 0.0295 e. The molecule has 1 aliphatic rings. The summed E-state index contributed by atoms with van der Waals surface area (Å²) in [4.78, 5) is 0. The van der Waals surface area contributed by atoms with E-state index >= 15 is 0 Å². The predicted octanol–water partition coefficient (Wildman–Crippen LogP) is 3.25. The maximum absolute atomic E-state index is 6.16. The predicted molar refractivity (Wildman–Crippen MR) is 77.4 cm³/mol. The summed E-state index contributed by atoms with van der Waals surface area (Å²) < 4.78 is 0. The molecule has 1 aliphatic carbocycles. The second-order valence-electron chi connectivity index (χ2n) is 5.50. The van der Waals surface area contributed by atoms with Gasteiger partial charge in [-0.1, -0.05) is 49.6 Å². The van der Waals surface area contributed by atoms with E-state index in [1.165, 1.54) is 44.2 Å². The van der Waals surface area contributed by atoms with Gasteiger partial charge in [-0.15, -0.1) is 0 Å². The molecular weight excluding hydrogens is 220 g/mol. The molecule has 0 saturated heterocycles. The minimum atomic E-state index is 0.194. The fraction of sp³-hybridized carbons (Fsp3) is 0.625. The third-order valence-electron chi connectivity index (χ3n) is 4.05. The van der Waals surface area contributed by atoms with Gasteiger partial charge in [0.1, 0.15) is 0 Å². The average molecular weight is 246 g/mol. The van der Waals surface area contributed by atoms with Crippen molar-refractivity contribution in [2.24, 2.45) is 11.7 Å². The summed E-state index contributed by atoms with van der Waals surface area (Å²) in [6.45, 7) is 2.29. The monoisotopic (exact) mass is 246 g/mol. The molecule has 0 bridgehead atoms. The summed E-state index contributed by atoms with van der Waals surface area (Å²) in [5, 5.41) is 3.54. The van der Waals surface area contributed by atoms with Gasteiger partial charge in [-0.2, -0.15) is 0 Å². The molecule has 18 heavy (non-hydrogen) atoms. The first kappa shape index (κ1) is 13.6. The maximum atomic E-state index is 6.16. The molecule has 0 aromatic heterocycles. The zero-order valence-corrected chi connectivity index (χ0v) is 11.3.